The molecule has 0 fully saturated rings. The van der Waals surface area contributed by atoms with Gasteiger partial charge in [0.05, 0.1) is 31.0 Å². The van der Waals surface area contributed by atoms with E-state index in [1.807, 2.05) is 18.2 Å². The monoisotopic (exact) mass is 271 g/mol. The molecule has 0 radical (unpaired) electrons. The van der Waals surface area contributed by atoms with E-state index in [9.17, 15) is 4.39 Å². The van der Waals surface area contributed by atoms with Gasteiger partial charge in [-0.15, -0.1) is 0 Å². The van der Waals surface area contributed by atoms with Crippen molar-refractivity contribution in [2.75, 3.05) is 12.4 Å². The predicted octanol–water partition coefficient (Wildman–Crippen LogP) is 3.02. The highest BCUT2D eigenvalue weighted by Crippen LogP contribution is 2.21. The molecule has 0 amide bonds. The van der Waals surface area contributed by atoms with Crippen molar-refractivity contribution in [2.24, 2.45) is 0 Å². The fourth-order valence-corrected chi connectivity index (χ4v) is 1.78. The van der Waals surface area contributed by atoms with Gasteiger partial charge in [0, 0.05) is 17.3 Å². The van der Waals surface area contributed by atoms with E-state index in [4.69, 9.17) is 10.00 Å². The van der Waals surface area contributed by atoms with E-state index in [1.54, 1.807) is 26.2 Å². The van der Waals surface area contributed by atoms with Gasteiger partial charge in [-0.2, -0.15) is 5.26 Å². The van der Waals surface area contributed by atoms with Crippen LogP contribution in [0.4, 0.5) is 10.1 Å². The lowest BCUT2D eigenvalue weighted by atomic mass is 10.1. The lowest BCUT2D eigenvalue weighted by Gasteiger charge is -2.11. The molecule has 0 aliphatic heterocycles. The largest absolute Gasteiger partial charge is 0.481 e. The molecule has 0 saturated heterocycles. The summed E-state index contributed by atoms with van der Waals surface area (Å²) in [7, 11) is 1.55. The fourth-order valence-electron chi connectivity index (χ4n) is 1.78. The van der Waals surface area contributed by atoms with Crippen molar-refractivity contribution in [3.05, 3.63) is 53.0 Å². The Morgan fingerprint density at radius 2 is 2.20 bits per heavy atom. The van der Waals surface area contributed by atoms with E-state index in [1.165, 1.54) is 6.07 Å². The third-order valence-electron chi connectivity index (χ3n) is 2.92. The maximum absolute atomic E-state index is 13.6. The molecule has 2 aromatic rings. The van der Waals surface area contributed by atoms with Crippen molar-refractivity contribution < 1.29 is 9.13 Å². The molecular formula is C15H14FN3O. The number of nitrogens with one attached hydrogen (secondary N) is 1. The van der Waals surface area contributed by atoms with Crippen LogP contribution in [-0.4, -0.2) is 12.1 Å². The first-order valence-electron chi connectivity index (χ1n) is 6.08. The summed E-state index contributed by atoms with van der Waals surface area (Å²) in [5.41, 5.74) is 2.12. The number of hydrogen-bond acceptors (Lipinski definition) is 4. The van der Waals surface area contributed by atoms with Crippen LogP contribution in [0.2, 0.25) is 0 Å². The topological polar surface area (TPSA) is 57.9 Å². The molecule has 0 unspecified atom stereocenters. The number of halogens is 1. The highest BCUT2D eigenvalue weighted by Gasteiger charge is 2.07. The molecule has 5 heteroatoms. The molecule has 0 saturated carbocycles. The van der Waals surface area contributed by atoms with Crippen LogP contribution < -0.4 is 10.1 Å². The van der Waals surface area contributed by atoms with E-state index in [0.717, 1.165) is 5.69 Å². The van der Waals surface area contributed by atoms with Gasteiger partial charge in [-0.3, -0.25) is 0 Å². The van der Waals surface area contributed by atoms with Gasteiger partial charge < -0.3 is 10.1 Å². The number of aromatic nitrogens is 1. The van der Waals surface area contributed by atoms with Crippen LogP contribution >= 0.6 is 0 Å². The summed E-state index contributed by atoms with van der Waals surface area (Å²) in [5, 5.41) is 11.9. The summed E-state index contributed by atoms with van der Waals surface area (Å²) in [4.78, 5) is 4.26. The molecule has 1 heterocycles. The summed E-state index contributed by atoms with van der Waals surface area (Å²) >= 11 is 0. The Bertz CT molecular complexity index is 665. The van der Waals surface area contributed by atoms with Crippen LogP contribution in [0.15, 0.2) is 30.3 Å². The summed E-state index contributed by atoms with van der Waals surface area (Å²) in [5.74, 6) is 0.128. The quantitative estimate of drug-likeness (QED) is 0.928. The Kier molecular flexibility index (Phi) is 4.16. The van der Waals surface area contributed by atoms with E-state index >= 15 is 0 Å². The molecule has 1 N–H and O–H groups in total. The molecule has 1 aromatic carbocycles. The molecule has 0 bridgehead atoms. The van der Waals surface area contributed by atoms with Crippen LogP contribution in [0.25, 0.3) is 0 Å². The second-order valence-corrected chi connectivity index (χ2v) is 4.27. The second-order valence-electron chi connectivity index (χ2n) is 4.27. The standard InChI is InChI=1S/C15H14FN3O/c1-10-13(16)6-11(8-17)7-14(10)18-9-12-4-3-5-15(19-12)20-2/h3-7,18H,9H2,1-2H3. The zero-order valence-corrected chi connectivity index (χ0v) is 11.3. The minimum Gasteiger partial charge on any atom is -0.481 e. The number of benzene rings is 1. The van der Waals surface area contributed by atoms with Gasteiger partial charge in [-0.25, -0.2) is 9.37 Å². The van der Waals surface area contributed by atoms with Crippen LogP contribution in [0.5, 0.6) is 5.88 Å². The lowest BCUT2D eigenvalue weighted by Crippen LogP contribution is -2.05. The van der Waals surface area contributed by atoms with Gasteiger partial charge in [0.15, 0.2) is 0 Å². The SMILES string of the molecule is COc1cccc(CNc2cc(C#N)cc(F)c2C)n1. The average Bonchev–Trinajstić information content (AvgIpc) is 2.48. The number of nitrogens with zero attached hydrogens (tertiary/aromatic N) is 2. The molecular weight excluding hydrogens is 257 g/mol. The van der Waals surface area contributed by atoms with Gasteiger partial charge in [0.25, 0.3) is 0 Å². The van der Waals surface area contributed by atoms with Crippen LogP contribution in [-0.2, 0) is 6.54 Å². The van der Waals surface area contributed by atoms with E-state index in [-0.39, 0.29) is 5.56 Å². The zero-order valence-electron chi connectivity index (χ0n) is 11.3. The molecule has 0 spiro atoms. The molecule has 20 heavy (non-hydrogen) atoms. The van der Waals surface area contributed by atoms with Crippen molar-refractivity contribution in [3.63, 3.8) is 0 Å². The summed E-state index contributed by atoms with van der Waals surface area (Å²) in [6.45, 7) is 2.09. The van der Waals surface area contributed by atoms with Gasteiger partial charge >= 0.3 is 0 Å². The first kappa shape index (κ1) is 13.8. The van der Waals surface area contributed by atoms with E-state index in [0.29, 0.717) is 23.7 Å². The first-order chi connectivity index (χ1) is 9.63. The number of hydrogen-bond donors (Lipinski definition) is 1. The Hall–Kier alpha value is -2.61. The Labute approximate surface area is 116 Å². The second kappa shape index (κ2) is 6.02. The number of methoxy groups -OCH3 is 1. The average molecular weight is 271 g/mol. The molecule has 2 rings (SSSR count). The van der Waals surface area contributed by atoms with Crippen LogP contribution in [0, 0.1) is 24.1 Å². The summed E-state index contributed by atoms with van der Waals surface area (Å²) in [6, 6.07) is 10.2. The normalized spacial score (nSPS) is 9.90. The number of nitriles is 1. The summed E-state index contributed by atoms with van der Waals surface area (Å²) in [6.07, 6.45) is 0. The van der Waals surface area contributed by atoms with Crippen molar-refractivity contribution in [2.45, 2.75) is 13.5 Å². The minimum absolute atomic E-state index is 0.286. The van der Waals surface area contributed by atoms with Gasteiger partial charge in [0.1, 0.15) is 5.82 Å². The molecule has 4 nitrogen and oxygen atoms in total. The maximum atomic E-state index is 13.6. The number of rotatable bonds is 4. The molecule has 102 valence electrons. The molecule has 0 aliphatic carbocycles. The van der Waals surface area contributed by atoms with Crippen molar-refractivity contribution >= 4 is 5.69 Å². The smallest absolute Gasteiger partial charge is 0.213 e. The zero-order chi connectivity index (χ0) is 14.5. The maximum Gasteiger partial charge on any atom is 0.213 e. The van der Waals surface area contributed by atoms with Crippen molar-refractivity contribution in [1.29, 1.82) is 5.26 Å². The number of pyridine rings is 1. The number of anilines is 1. The Morgan fingerprint density at radius 1 is 1.40 bits per heavy atom. The van der Waals surface area contributed by atoms with Gasteiger partial charge in [-0.05, 0) is 25.1 Å². The minimum atomic E-state index is -0.398. The molecule has 1 aromatic heterocycles. The highest BCUT2D eigenvalue weighted by atomic mass is 19.1. The third kappa shape index (κ3) is 3.04. The van der Waals surface area contributed by atoms with Crippen LogP contribution in [0.1, 0.15) is 16.8 Å². The highest BCUT2D eigenvalue weighted by molar-refractivity contribution is 5.55. The molecule has 0 atom stereocenters. The van der Waals surface area contributed by atoms with E-state index in [2.05, 4.69) is 10.3 Å². The fraction of sp³-hybridized carbons (Fsp3) is 0.200. The summed E-state index contributed by atoms with van der Waals surface area (Å²) < 4.78 is 18.7. The Morgan fingerprint density at radius 3 is 2.90 bits per heavy atom. The molecule has 0 aliphatic rings. The van der Waals surface area contributed by atoms with Gasteiger partial charge in [0.2, 0.25) is 5.88 Å². The lowest BCUT2D eigenvalue weighted by molar-refractivity contribution is 0.396. The number of ether oxygens (including phenoxy) is 1. The first-order valence-corrected chi connectivity index (χ1v) is 6.08. The van der Waals surface area contributed by atoms with Gasteiger partial charge in [-0.1, -0.05) is 6.07 Å². The predicted molar refractivity (Wildman–Crippen MR) is 74.0 cm³/mol. The van der Waals surface area contributed by atoms with Crippen molar-refractivity contribution in [3.8, 4) is 11.9 Å². The Balaban J connectivity index is 2.18. The van der Waals surface area contributed by atoms with Crippen LogP contribution in [0.3, 0.4) is 0 Å². The van der Waals surface area contributed by atoms with Crippen molar-refractivity contribution in [1.82, 2.24) is 4.98 Å². The third-order valence-corrected chi connectivity index (χ3v) is 2.92. The van der Waals surface area contributed by atoms with E-state index < -0.39 is 5.82 Å².